The molecule has 0 heterocycles. The highest BCUT2D eigenvalue weighted by Crippen LogP contribution is 2.24. The number of unbranched alkanes of at least 4 members (excludes halogenated alkanes) is 1. The maximum atomic E-state index is 6.08. The second-order valence-electron chi connectivity index (χ2n) is 4.18. The van der Waals surface area contributed by atoms with Crippen LogP contribution in [0, 0.1) is 20.8 Å². The first-order valence-corrected chi connectivity index (χ1v) is 6.33. The topological polar surface area (TPSA) is 0 Å². The van der Waals surface area contributed by atoms with Crippen LogP contribution in [-0.2, 0) is 6.42 Å². The lowest BCUT2D eigenvalue weighted by molar-refractivity contribution is 0.786. The lowest BCUT2D eigenvalue weighted by Gasteiger charge is -2.17. The van der Waals surface area contributed by atoms with Crippen LogP contribution in [0.15, 0.2) is 4.47 Å². The summed E-state index contributed by atoms with van der Waals surface area (Å²) in [5, 5.41) is 0. The number of benzene rings is 1. The zero-order valence-electron chi connectivity index (χ0n) is 10.1. The molecule has 0 aromatic heterocycles. The molecule has 0 atom stereocenters. The summed E-state index contributed by atoms with van der Waals surface area (Å²) < 4.78 is 1.07. The van der Waals surface area contributed by atoms with Gasteiger partial charge in [-0.1, -0.05) is 40.3 Å². The highest BCUT2D eigenvalue weighted by Gasteiger charge is 2.11. The minimum Gasteiger partial charge on any atom is -0.0793 e. The van der Waals surface area contributed by atoms with Crippen molar-refractivity contribution >= 4 is 29.2 Å². The van der Waals surface area contributed by atoms with Gasteiger partial charge in [-0.2, -0.15) is 0 Å². The third-order valence-corrected chi connectivity index (χ3v) is 4.24. The third-order valence-electron chi connectivity index (χ3n) is 3.22. The summed E-state index contributed by atoms with van der Waals surface area (Å²) in [5.74, 6) is 0. The molecule has 0 unspecified atom stereocenters. The van der Waals surface area contributed by atoms with E-state index < -0.39 is 0 Å². The summed E-state index contributed by atoms with van der Waals surface area (Å²) >= 11 is 3.56. The van der Waals surface area contributed by atoms with E-state index in [0.717, 1.165) is 16.4 Å². The highest BCUT2D eigenvalue weighted by molar-refractivity contribution is 9.10. The zero-order valence-corrected chi connectivity index (χ0v) is 11.7. The SMILES string of the molecule is [B]c1c(C)c(CCCC)c(C)c(C)c1Br. The molecule has 2 radical (unpaired) electrons. The molecule has 80 valence electrons. The Kier molecular flexibility index (Phi) is 4.45. The van der Waals surface area contributed by atoms with Gasteiger partial charge in [0.1, 0.15) is 7.85 Å². The first-order valence-electron chi connectivity index (χ1n) is 5.54. The van der Waals surface area contributed by atoms with Gasteiger partial charge in [-0.3, -0.25) is 0 Å². The fourth-order valence-corrected chi connectivity index (χ4v) is 2.52. The molecule has 0 amide bonds. The third kappa shape index (κ3) is 2.47. The molecule has 2 heteroatoms. The van der Waals surface area contributed by atoms with Gasteiger partial charge in [0, 0.05) is 4.47 Å². The van der Waals surface area contributed by atoms with Gasteiger partial charge in [0.2, 0.25) is 0 Å². The van der Waals surface area contributed by atoms with Gasteiger partial charge in [0.25, 0.3) is 0 Å². The average molecular weight is 265 g/mol. The lowest BCUT2D eigenvalue weighted by atomic mass is 9.82. The predicted octanol–water partition coefficient (Wildman–Crippen LogP) is 3.51. The summed E-state index contributed by atoms with van der Waals surface area (Å²) in [4.78, 5) is 0. The van der Waals surface area contributed by atoms with Gasteiger partial charge < -0.3 is 0 Å². The monoisotopic (exact) mass is 264 g/mol. The standard InChI is InChI=1S/C13H18BBr/c1-5-6-7-11-8(2)9(3)13(15)12(14)10(11)4/h5-7H2,1-4H3. The van der Waals surface area contributed by atoms with E-state index in [0.29, 0.717) is 0 Å². The van der Waals surface area contributed by atoms with E-state index in [1.165, 1.54) is 35.1 Å². The summed E-state index contributed by atoms with van der Waals surface area (Å²) in [7, 11) is 6.08. The van der Waals surface area contributed by atoms with Crippen molar-refractivity contribution in [3.05, 3.63) is 26.7 Å². The van der Waals surface area contributed by atoms with Crippen molar-refractivity contribution < 1.29 is 0 Å². The first-order chi connectivity index (χ1) is 7.00. The van der Waals surface area contributed by atoms with Gasteiger partial charge in [0.05, 0.1) is 0 Å². The van der Waals surface area contributed by atoms with Crippen LogP contribution in [0.1, 0.15) is 42.0 Å². The number of hydrogen-bond donors (Lipinski definition) is 0. The van der Waals surface area contributed by atoms with Crippen LogP contribution in [0.5, 0.6) is 0 Å². The van der Waals surface area contributed by atoms with E-state index in [1.54, 1.807) is 0 Å². The molecule has 0 nitrogen and oxygen atoms in total. The van der Waals surface area contributed by atoms with Crippen molar-refractivity contribution in [2.75, 3.05) is 0 Å². The largest absolute Gasteiger partial charge is 0.115 e. The van der Waals surface area contributed by atoms with E-state index in [2.05, 4.69) is 43.6 Å². The molecule has 0 spiro atoms. The Labute approximate surface area is 103 Å². The van der Waals surface area contributed by atoms with Crippen molar-refractivity contribution in [1.82, 2.24) is 0 Å². The molecule has 1 aromatic carbocycles. The first kappa shape index (κ1) is 12.8. The number of hydrogen-bond acceptors (Lipinski definition) is 0. The van der Waals surface area contributed by atoms with Gasteiger partial charge >= 0.3 is 0 Å². The molecule has 0 aliphatic heterocycles. The van der Waals surface area contributed by atoms with E-state index in [9.17, 15) is 0 Å². The smallest absolute Gasteiger partial charge is 0.0793 e. The van der Waals surface area contributed by atoms with Crippen LogP contribution < -0.4 is 5.46 Å². The molecule has 15 heavy (non-hydrogen) atoms. The molecule has 0 saturated heterocycles. The highest BCUT2D eigenvalue weighted by atomic mass is 79.9. The van der Waals surface area contributed by atoms with Gasteiger partial charge in [0.15, 0.2) is 0 Å². The second kappa shape index (κ2) is 5.20. The van der Waals surface area contributed by atoms with Crippen molar-refractivity contribution in [1.29, 1.82) is 0 Å². The maximum Gasteiger partial charge on any atom is 0.115 e. The molecular weight excluding hydrogens is 247 g/mol. The minimum absolute atomic E-state index is 0.907. The molecule has 1 aromatic rings. The molecule has 0 fully saturated rings. The Morgan fingerprint density at radius 3 is 2.20 bits per heavy atom. The van der Waals surface area contributed by atoms with Gasteiger partial charge in [-0.25, -0.2) is 0 Å². The number of halogens is 1. The molecule has 0 aliphatic rings. The quantitative estimate of drug-likeness (QED) is 0.733. The lowest BCUT2D eigenvalue weighted by Crippen LogP contribution is -2.16. The fourth-order valence-electron chi connectivity index (χ4n) is 1.93. The Hall–Kier alpha value is -0.235. The zero-order chi connectivity index (χ0) is 11.6. The van der Waals surface area contributed by atoms with Gasteiger partial charge in [-0.15, -0.1) is 0 Å². The molecule has 1 rings (SSSR count). The van der Waals surface area contributed by atoms with Crippen LogP contribution in [0.2, 0.25) is 0 Å². The molecule has 0 bridgehead atoms. The molecule has 0 saturated carbocycles. The van der Waals surface area contributed by atoms with Crippen molar-refractivity contribution in [2.45, 2.75) is 47.0 Å². The van der Waals surface area contributed by atoms with Crippen LogP contribution in [0.3, 0.4) is 0 Å². The Balaban J connectivity index is 3.26. The Morgan fingerprint density at radius 1 is 1.07 bits per heavy atom. The van der Waals surface area contributed by atoms with Crippen LogP contribution in [0.25, 0.3) is 0 Å². The van der Waals surface area contributed by atoms with E-state index in [4.69, 9.17) is 7.85 Å². The van der Waals surface area contributed by atoms with Crippen LogP contribution in [-0.4, -0.2) is 7.85 Å². The van der Waals surface area contributed by atoms with Crippen LogP contribution in [0.4, 0.5) is 0 Å². The van der Waals surface area contributed by atoms with E-state index >= 15 is 0 Å². The predicted molar refractivity (Wildman–Crippen MR) is 72.4 cm³/mol. The van der Waals surface area contributed by atoms with Crippen molar-refractivity contribution in [3.63, 3.8) is 0 Å². The molecular formula is C13H18BBr. The number of rotatable bonds is 3. The van der Waals surface area contributed by atoms with Crippen molar-refractivity contribution in [2.24, 2.45) is 0 Å². The van der Waals surface area contributed by atoms with Gasteiger partial charge in [-0.05, 0) is 50.3 Å². The summed E-state index contributed by atoms with van der Waals surface area (Å²) in [6.45, 7) is 8.67. The Bertz CT molecular complexity index is 340. The minimum atomic E-state index is 0.907. The Morgan fingerprint density at radius 2 is 1.67 bits per heavy atom. The maximum absolute atomic E-state index is 6.08. The average Bonchev–Trinajstić information content (AvgIpc) is 2.24. The fraction of sp³-hybridized carbons (Fsp3) is 0.538. The van der Waals surface area contributed by atoms with Crippen LogP contribution >= 0.6 is 15.9 Å². The van der Waals surface area contributed by atoms with E-state index in [-0.39, 0.29) is 0 Å². The molecule has 0 aliphatic carbocycles. The normalized spacial score (nSPS) is 10.7. The molecule has 0 N–H and O–H groups in total. The summed E-state index contributed by atoms with van der Waals surface area (Å²) in [5.41, 5.74) is 6.27. The van der Waals surface area contributed by atoms with Crippen molar-refractivity contribution in [3.8, 4) is 0 Å². The van der Waals surface area contributed by atoms with E-state index in [1.807, 2.05) is 0 Å². The second-order valence-corrected chi connectivity index (χ2v) is 4.98. The summed E-state index contributed by atoms with van der Waals surface area (Å²) in [6, 6.07) is 0. The summed E-state index contributed by atoms with van der Waals surface area (Å²) in [6.07, 6.45) is 3.61.